The van der Waals surface area contributed by atoms with Gasteiger partial charge in [0.25, 0.3) is 0 Å². The number of ether oxygens (including phenoxy) is 2. The van der Waals surface area contributed by atoms with Crippen LogP contribution in [-0.4, -0.2) is 18.6 Å². The summed E-state index contributed by atoms with van der Waals surface area (Å²) >= 11 is 0. The van der Waals surface area contributed by atoms with Crippen LogP contribution >= 0.6 is 0 Å². The van der Waals surface area contributed by atoms with Crippen LogP contribution in [-0.2, 0) is 17.8 Å². The molecule has 0 saturated heterocycles. The second-order valence-electron chi connectivity index (χ2n) is 6.33. The van der Waals surface area contributed by atoms with Gasteiger partial charge >= 0.3 is 0 Å². The van der Waals surface area contributed by atoms with E-state index in [1.807, 2.05) is 13.0 Å². The predicted octanol–water partition coefficient (Wildman–Crippen LogP) is 3.38. The average Bonchev–Trinajstić information content (AvgIpc) is 2.92. The highest BCUT2D eigenvalue weighted by molar-refractivity contribution is 5.79. The minimum absolute atomic E-state index is 0.0984. The fourth-order valence-electron chi connectivity index (χ4n) is 3.27. The number of amides is 1. The standard InChI is InChI=1S/C19H25NO3/c1-3-22-17-10-15-9-13(2)23-18(15)11-16(17)12-20-19(21)14-7-5-4-6-8-14/h4-5,10-11,13-14H,3,6-9,12H2,1-2H3,(H,20,21). The van der Waals surface area contributed by atoms with Crippen molar-refractivity contribution >= 4 is 5.91 Å². The highest BCUT2D eigenvalue weighted by Gasteiger charge is 2.23. The zero-order valence-corrected chi connectivity index (χ0v) is 13.9. The Morgan fingerprint density at radius 2 is 2.26 bits per heavy atom. The van der Waals surface area contributed by atoms with Gasteiger partial charge in [0.05, 0.1) is 6.61 Å². The molecule has 2 atom stereocenters. The lowest BCUT2D eigenvalue weighted by molar-refractivity contribution is -0.125. The fraction of sp³-hybridized carbons (Fsp3) is 0.526. The molecule has 0 radical (unpaired) electrons. The Labute approximate surface area is 137 Å². The average molecular weight is 315 g/mol. The molecule has 23 heavy (non-hydrogen) atoms. The van der Waals surface area contributed by atoms with Crippen LogP contribution in [0.3, 0.4) is 0 Å². The highest BCUT2D eigenvalue weighted by atomic mass is 16.5. The molecule has 0 bridgehead atoms. The first-order valence-electron chi connectivity index (χ1n) is 8.55. The lowest BCUT2D eigenvalue weighted by Crippen LogP contribution is -2.30. The van der Waals surface area contributed by atoms with Gasteiger partial charge < -0.3 is 14.8 Å². The summed E-state index contributed by atoms with van der Waals surface area (Å²) in [6, 6.07) is 4.08. The minimum atomic E-state index is 0.0984. The van der Waals surface area contributed by atoms with E-state index in [0.29, 0.717) is 13.2 Å². The molecule has 0 saturated carbocycles. The fourth-order valence-corrected chi connectivity index (χ4v) is 3.27. The molecule has 1 heterocycles. The largest absolute Gasteiger partial charge is 0.494 e. The molecule has 1 aromatic carbocycles. The topological polar surface area (TPSA) is 47.6 Å². The molecule has 2 aliphatic rings. The molecule has 0 spiro atoms. The van der Waals surface area contributed by atoms with E-state index in [1.165, 1.54) is 5.56 Å². The minimum Gasteiger partial charge on any atom is -0.494 e. The third kappa shape index (κ3) is 3.69. The zero-order valence-electron chi connectivity index (χ0n) is 13.9. The Hall–Kier alpha value is -1.97. The number of nitrogens with one attached hydrogen (secondary N) is 1. The van der Waals surface area contributed by atoms with E-state index in [-0.39, 0.29) is 17.9 Å². The molecule has 2 unspecified atom stereocenters. The van der Waals surface area contributed by atoms with Crippen LogP contribution < -0.4 is 14.8 Å². The Morgan fingerprint density at radius 3 is 3.00 bits per heavy atom. The number of carbonyl (C=O) groups excluding carboxylic acids is 1. The van der Waals surface area contributed by atoms with Crippen LogP contribution in [0.5, 0.6) is 11.5 Å². The van der Waals surface area contributed by atoms with Crippen molar-refractivity contribution in [3.63, 3.8) is 0 Å². The molecule has 0 fully saturated rings. The molecule has 124 valence electrons. The Balaban J connectivity index is 1.70. The molecule has 4 heteroatoms. The van der Waals surface area contributed by atoms with E-state index < -0.39 is 0 Å². The first-order valence-corrected chi connectivity index (χ1v) is 8.55. The molecular formula is C19H25NO3. The Morgan fingerprint density at radius 1 is 1.39 bits per heavy atom. The predicted molar refractivity (Wildman–Crippen MR) is 89.7 cm³/mol. The smallest absolute Gasteiger partial charge is 0.223 e. The van der Waals surface area contributed by atoms with Crippen molar-refractivity contribution in [1.29, 1.82) is 0 Å². The summed E-state index contributed by atoms with van der Waals surface area (Å²) in [6.07, 6.45) is 8.14. The number of hydrogen-bond acceptors (Lipinski definition) is 3. The van der Waals surface area contributed by atoms with Gasteiger partial charge in [-0.1, -0.05) is 12.2 Å². The van der Waals surface area contributed by atoms with Gasteiger partial charge in [-0.15, -0.1) is 0 Å². The normalized spacial score (nSPS) is 22.3. The van der Waals surface area contributed by atoms with Gasteiger partial charge in [-0.3, -0.25) is 4.79 Å². The van der Waals surface area contributed by atoms with Gasteiger partial charge in [-0.05, 0) is 45.2 Å². The number of rotatable bonds is 5. The summed E-state index contributed by atoms with van der Waals surface area (Å²) in [5.74, 6) is 2.01. The molecular weight excluding hydrogens is 290 g/mol. The van der Waals surface area contributed by atoms with Crippen molar-refractivity contribution in [1.82, 2.24) is 5.32 Å². The first-order chi connectivity index (χ1) is 11.2. The van der Waals surface area contributed by atoms with E-state index in [9.17, 15) is 4.79 Å². The lowest BCUT2D eigenvalue weighted by Gasteiger charge is -2.18. The summed E-state index contributed by atoms with van der Waals surface area (Å²) in [6.45, 7) is 5.14. The van der Waals surface area contributed by atoms with Crippen molar-refractivity contribution in [3.05, 3.63) is 35.4 Å². The highest BCUT2D eigenvalue weighted by Crippen LogP contribution is 2.35. The summed E-state index contributed by atoms with van der Waals surface area (Å²) in [7, 11) is 0. The third-order valence-corrected chi connectivity index (χ3v) is 4.47. The van der Waals surface area contributed by atoms with Crippen molar-refractivity contribution in [3.8, 4) is 11.5 Å². The van der Waals surface area contributed by atoms with Crippen LogP contribution in [0.15, 0.2) is 24.3 Å². The molecule has 1 aliphatic heterocycles. The quantitative estimate of drug-likeness (QED) is 0.847. The Kier molecular flexibility index (Phi) is 4.89. The van der Waals surface area contributed by atoms with Crippen LogP contribution in [0.4, 0.5) is 0 Å². The third-order valence-electron chi connectivity index (χ3n) is 4.47. The van der Waals surface area contributed by atoms with Crippen molar-refractivity contribution in [2.24, 2.45) is 5.92 Å². The lowest BCUT2D eigenvalue weighted by atomic mass is 9.93. The molecule has 1 amide bonds. The van der Waals surface area contributed by atoms with Gasteiger partial charge in [0.2, 0.25) is 5.91 Å². The monoisotopic (exact) mass is 315 g/mol. The van der Waals surface area contributed by atoms with E-state index in [4.69, 9.17) is 9.47 Å². The van der Waals surface area contributed by atoms with Gasteiger partial charge in [0.1, 0.15) is 17.6 Å². The van der Waals surface area contributed by atoms with Gasteiger partial charge in [0.15, 0.2) is 0 Å². The molecule has 1 N–H and O–H groups in total. The first kappa shape index (κ1) is 15.9. The van der Waals surface area contributed by atoms with Crippen molar-refractivity contribution in [2.45, 2.75) is 52.2 Å². The number of carbonyl (C=O) groups is 1. The summed E-state index contributed by atoms with van der Waals surface area (Å²) in [4.78, 5) is 12.3. The second-order valence-corrected chi connectivity index (χ2v) is 6.33. The number of hydrogen-bond donors (Lipinski definition) is 1. The Bertz CT molecular complexity index is 609. The molecule has 1 aliphatic carbocycles. The summed E-state index contributed by atoms with van der Waals surface area (Å²) < 4.78 is 11.6. The SMILES string of the molecule is CCOc1cc2c(cc1CNC(=O)C1CC=CCC1)OC(C)C2. The van der Waals surface area contributed by atoms with Gasteiger partial charge in [-0.25, -0.2) is 0 Å². The van der Waals surface area contributed by atoms with Crippen LogP contribution in [0.2, 0.25) is 0 Å². The maximum Gasteiger partial charge on any atom is 0.223 e. The zero-order chi connectivity index (χ0) is 16.2. The maximum absolute atomic E-state index is 12.3. The van der Waals surface area contributed by atoms with E-state index in [2.05, 4.69) is 30.5 Å². The van der Waals surface area contributed by atoms with Crippen LogP contribution in [0.25, 0.3) is 0 Å². The molecule has 0 aromatic heterocycles. The van der Waals surface area contributed by atoms with E-state index in [0.717, 1.165) is 42.7 Å². The van der Waals surface area contributed by atoms with E-state index in [1.54, 1.807) is 0 Å². The molecule has 4 nitrogen and oxygen atoms in total. The molecule has 1 aromatic rings. The van der Waals surface area contributed by atoms with Crippen LogP contribution in [0, 0.1) is 5.92 Å². The van der Waals surface area contributed by atoms with Crippen molar-refractivity contribution in [2.75, 3.05) is 6.61 Å². The number of allylic oxidation sites excluding steroid dienone is 2. The van der Waals surface area contributed by atoms with E-state index >= 15 is 0 Å². The van der Waals surface area contributed by atoms with Gasteiger partial charge in [0, 0.05) is 30.0 Å². The number of benzene rings is 1. The van der Waals surface area contributed by atoms with Crippen molar-refractivity contribution < 1.29 is 14.3 Å². The number of fused-ring (bicyclic) bond motifs is 1. The van der Waals surface area contributed by atoms with Crippen LogP contribution in [0.1, 0.15) is 44.2 Å². The van der Waals surface area contributed by atoms with Gasteiger partial charge in [-0.2, -0.15) is 0 Å². The summed E-state index contributed by atoms with van der Waals surface area (Å²) in [5.41, 5.74) is 2.17. The summed E-state index contributed by atoms with van der Waals surface area (Å²) in [5, 5.41) is 3.06. The maximum atomic E-state index is 12.3. The molecule has 3 rings (SSSR count). The second kappa shape index (κ2) is 7.07.